The van der Waals surface area contributed by atoms with E-state index in [1.54, 1.807) is 0 Å². The van der Waals surface area contributed by atoms with Gasteiger partial charge >= 0.3 is 5.97 Å². The molecule has 0 spiro atoms. The lowest BCUT2D eigenvalue weighted by Crippen LogP contribution is -2.48. The van der Waals surface area contributed by atoms with Gasteiger partial charge in [0, 0.05) is 6.54 Å². The second-order valence-electron chi connectivity index (χ2n) is 8.52. The van der Waals surface area contributed by atoms with Gasteiger partial charge in [-0.25, -0.2) is 0 Å². The van der Waals surface area contributed by atoms with E-state index in [0.717, 1.165) is 17.5 Å². The fourth-order valence-corrected chi connectivity index (χ4v) is 4.96. The molecule has 162 valence electrons. The Labute approximate surface area is 189 Å². The first-order valence-corrected chi connectivity index (χ1v) is 11.2. The molecule has 3 aromatic rings. The minimum absolute atomic E-state index is 0.248. The van der Waals surface area contributed by atoms with E-state index >= 15 is 0 Å². The van der Waals surface area contributed by atoms with Crippen LogP contribution in [0.5, 0.6) is 0 Å². The van der Waals surface area contributed by atoms with Crippen molar-refractivity contribution < 1.29 is 9.90 Å². The van der Waals surface area contributed by atoms with E-state index in [0.29, 0.717) is 25.9 Å². The highest BCUT2D eigenvalue weighted by Crippen LogP contribution is 2.37. The van der Waals surface area contributed by atoms with E-state index in [4.69, 9.17) is 0 Å². The fraction of sp³-hybridized carbons (Fsp3) is 0.286. The minimum atomic E-state index is -0.818. The van der Waals surface area contributed by atoms with E-state index in [2.05, 4.69) is 23.1 Å². The van der Waals surface area contributed by atoms with E-state index in [-0.39, 0.29) is 5.92 Å². The molecule has 1 heterocycles. The van der Waals surface area contributed by atoms with Gasteiger partial charge < -0.3 is 5.11 Å². The van der Waals surface area contributed by atoms with Gasteiger partial charge in [-0.1, -0.05) is 91.0 Å². The second kappa shape index (κ2) is 9.80. The van der Waals surface area contributed by atoms with E-state index in [9.17, 15) is 15.2 Å². The Balaban J connectivity index is 1.58. The van der Waals surface area contributed by atoms with Crippen molar-refractivity contribution in [2.75, 3.05) is 13.1 Å². The highest BCUT2D eigenvalue weighted by molar-refractivity contribution is 5.73. The number of hydrogen-bond acceptors (Lipinski definition) is 3. The number of benzene rings is 3. The maximum atomic E-state index is 12.2. The zero-order valence-corrected chi connectivity index (χ0v) is 18.1. The summed E-state index contributed by atoms with van der Waals surface area (Å²) < 4.78 is 0. The summed E-state index contributed by atoms with van der Waals surface area (Å²) in [6.45, 7) is 1.26. The smallest absolute Gasteiger partial charge is 0.320 e. The summed E-state index contributed by atoms with van der Waals surface area (Å²) in [5, 5.41) is 20.4. The first kappa shape index (κ1) is 21.8. The molecule has 32 heavy (non-hydrogen) atoms. The Kier molecular flexibility index (Phi) is 6.68. The summed E-state index contributed by atoms with van der Waals surface area (Å²) in [6.07, 6.45) is 2.05. The Bertz CT molecular complexity index is 1020. The number of nitriles is 1. The molecule has 1 N–H and O–H groups in total. The average Bonchev–Trinajstić information content (AvgIpc) is 2.86. The zero-order valence-electron chi connectivity index (χ0n) is 18.1. The topological polar surface area (TPSA) is 64.3 Å². The molecule has 0 aliphatic carbocycles. The van der Waals surface area contributed by atoms with Gasteiger partial charge in [0.25, 0.3) is 0 Å². The van der Waals surface area contributed by atoms with Crippen molar-refractivity contribution in [2.24, 2.45) is 0 Å². The lowest BCUT2D eigenvalue weighted by molar-refractivity contribution is -0.145. The molecular formula is C28H28N2O2. The number of carbonyl (C=O) groups is 1. The third-order valence-electron chi connectivity index (χ3n) is 6.77. The van der Waals surface area contributed by atoms with Gasteiger partial charge in [-0.05, 0) is 48.4 Å². The van der Waals surface area contributed by atoms with Crippen LogP contribution in [0.15, 0.2) is 91.0 Å². The van der Waals surface area contributed by atoms with Gasteiger partial charge in [0.2, 0.25) is 0 Å². The van der Waals surface area contributed by atoms with Crippen LogP contribution in [-0.4, -0.2) is 35.1 Å². The van der Waals surface area contributed by atoms with E-state index < -0.39 is 17.4 Å². The van der Waals surface area contributed by atoms with Crippen LogP contribution < -0.4 is 0 Å². The zero-order chi connectivity index (χ0) is 22.4. The predicted molar refractivity (Wildman–Crippen MR) is 125 cm³/mol. The lowest BCUT2D eigenvalue weighted by atomic mass is 9.73. The maximum Gasteiger partial charge on any atom is 0.320 e. The third-order valence-corrected chi connectivity index (χ3v) is 6.77. The molecule has 0 saturated carbocycles. The van der Waals surface area contributed by atoms with E-state index in [1.807, 2.05) is 78.9 Å². The number of rotatable bonds is 7. The monoisotopic (exact) mass is 424 g/mol. The Hall–Kier alpha value is -3.42. The molecule has 1 aliphatic rings. The Morgan fingerprint density at radius 3 is 1.97 bits per heavy atom. The summed E-state index contributed by atoms with van der Waals surface area (Å²) in [7, 11) is 0. The molecule has 4 rings (SSSR count). The minimum Gasteiger partial charge on any atom is -0.480 e. The SMILES string of the molecule is N#CC(CCN1CCC(c2ccccc2)CC1C(=O)O)(c1ccccc1)c1ccccc1. The standard InChI is InChI=1S/C28H28N2O2/c29-21-28(24-12-6-2-7-13-24,25-14-8-3-9-15-25)17-19-30-18-16-23(20-26(30)27(31)32)22-10-4-1-5-11-22/h1-15,23,26H,16-20H2,(H,31,32). The van der Waals surface area contributed by atoms with Crippen LogP contribution in [0.2, 0.25) is 0 Å². The summed E-state index contributed by atoms with van der Waals surface area (Å²) in [6, 6.07) is 31.9. The van der Waals surface area contributed by atoms with Gasteiger partial charge in [-0.2, -0.15) is 5.26 Å². The van der Waals surface area contributed by atoms with Crippen molar-refractivity contribution in [1.82, 2.24) is 4.90 Å². The molecule has 2 unspecified atom stereocenters. The van der Waals surface area contributed by atoms with Crippen molar-refractivity contribution in [3.05, 3.63) is 108 Å². The maximum absolute atomic E-state index is 12.2. The molecule has 2 atom stereocenters. The number of likely N-dealkylation sites (tertiary alicyclic amines) is 1. The van der Waals surface area contributed by atoms with Gasteiger partial charge in [-0.15, -0.1) is 0 Å². The summed E-state index contributed by atoms with van der Waals surface area (Å²) in [4.78, 5) is 14.2. The summed E-state index contributed by atoms with van der Waals surface area (Å²) in [5.74, 6) is -0.537. The Morgan fingerprint density at radius 2 is 1.47 bits per heavy atom. The largest absolute Gasteiger partial charge is 0.480 e. The fourth-order valence-electron chi connectivity index (χ4n) is 4.96. The Morgan fingerprint density at radius 1 is 0.938 bits per heavy atom. The number of hydrogen-bond donors (Lipinski definition) is 1. The number of aliphatic carboxylic acids is 1. The van der Waals surface area contributed by atoms with Crippen molar-refractivity contribution >= 4 is 5.97 Å². The van der Waals surface area contributed by atoms with Gasteiger partial charge in [-0.3, -0.25) is 9.69 Å². The van der Waals surface area contributed by atoms with Crippen molar-refractivity contribution in [3.63, 3.8) is 0 Å². The van der Waals surface area contributed by atoms with E-state index in [1.165, 1.54) is 5.56 Å². The summed E-state index contributed by atoms with van der Waals surface area (Å²) in [5.41, 5.74) is 2.28. The van der Waals surface area contributed by atoms with Crippen LogP contribution in [0.1, 0.15) is 41.9 Å². The molecule has 0 bridgehead atoms. The van der Waals surface area contributed by atoms with Gasteiger partial charge in [0.1, 0.15) is 11.5 Å². The third kappa shape index (κ3) is 4.44. The van der Waals surface area contributed by atoms with Crippen LogP contribution in [0.25, 0.3) is 0 Å². The molecule has 1 aliphatic heterocycles. The molecule has 0 amide bonds. The van der Waals surface area contributed by atoms with Crippen LogP contribution in [-0.2, 0) is 10.2 Å². The molecule has 3 aromatic carbocycles. The number of nitrogens with zero attached hydrogens (tertiary/aromatic N) is 2. The van der Waals surface area contributed by atoms with Gasteiger partial charge in [0.15, 0.2) is 0 Å². The number of carboxylic acid groups (broad SMARTS) is 1. The number of carboxylic acids is 1. The normalized spacial score (nSPS) is 19.2. The molecular weight excluding hydrogens is 396 g/mol. The average molecular weight is 425 g/mol. The highest BCUT2D eigenvalue weighted by Gasteiger charge is 2.38. The lowest BCUT2D eigenvalue weighted by Gasteiger charge is -2.39. The molecule has 4 nitrogen and oxygen atoms in total. The van der Waals surface area contributed by atoms with Crippen LogP contribution in [0.4, 0.5) is 0 Å². The molecule has 0 aromatic heterocycles. The summed E-state index contributed by atoms with van der Waals surface area (Å²) >= 11 is 0. The number of piperidine rings is 1. The first-order valence-electron chi connectivity index (χ1n) is 11.2. The van der Waals surface area contributed by atoms with Crippen molar-refractivity contribution in [2.45, 2.75) is 36.6 Å². The highest BCUT2D eigenvalue weighted by atomic mass is 16.4. The molecule has 0 radical (unpaired) electrons. The molecule has 4 heteroatoms. The predicted octanol–water partition coefficient (Wildman–Crippen LogP) is 5.22. The van der Waals surface area contributed by atoms with Crippen LogP contribution in [0, 0.1) is 11.3 Å². The second-order valence-corrected chi connectivity index (χ2v) is 8.52. The van der Waals surface area contributed by atoms with Gasteiger partial charge in [0.05, 0.1) is 6.07 Å². The van der Waals surface area contributed by atoms with Crippen LogP contribution >= 0.6 is 0 Å². The van der Waals surface area contributed by atoms with Crippen molar-refractivity contribution in [1.29, 1.82) is 5.26 Å². The van der Waals surface area contributed by atoms with Crippen LogP contribution in [0.3, 0.4) is 0 Å². The molecule has 1 fully saturated rings. The molecule has 1 saturated heterocycles. The first-order chi connectivity index (χ1) is 15.6. The van der Waals surface area contributed by atoms with Crippen molar-refractivity contribution in [3.8, 4) is 6.07 Å². The quantitative estimate of drug-likeness (QED) is 0.565.